The smallest absolute Gasteiger partial charge is 0.147 e. The number of anilines is 1. The molecule has 4 heterocycles. The Morgan fingerprint density at radius 2 is 2.11 bits per heavy atom. The Morgan fingerprint density at radius 1 is 1.15 bits per heavy atom. The van der Waals surface area contributed by atoms with Gasteiger partial charge in [0.05, 0.1) is 11.5 Å². The van der Waals surface area contributed by atoms with Crippen LogP contribution >= 0.6 is 0 Å². The van der Waals surface area contributed by atoms with Crippen LogP contribution in [0.5, 0.6) is 5.75 Å². The second kappa shape index (κ2) is 6.51. The molecule has 136 valence electrons. The van der Waals surface area contributed by atoms with Crippen LogP contribution in [0.25, 0.3) is 21.8 Å². The Bertz CT molecular complexity index is 1110. The van der Waals surface area contributed by atoms with Gasteiger partial charge in [-0.2, -0.15) is 0 Å². The number of hydrogen-bond acceptors (Lipinski definition) is 6. The summed E-state index contributed by atoms with van der Waals surface area (Å²) in [6.07, 6.45) is 8.90. The number of pyridine rings is 1. The minimum absolute atomic E-state index is 0.0415. The van der Waals surface area contributed by atoms with Crippen LogP contribution in [-0.4, -0.2) is 32.2 Å². The first-order valence-corrected chi connectivity index (χ1v) is 8.97. The first kappa shape index (κ1) is 16.0. The quantitative estimate of drug-likeness (QED) is 0.600. The zero-order valence-corrected chi connectivity index (χ0v) is 14.7. The molecule has 7 nitrogen and oxygen atoms in total. The molecule has 0 bridgehead atoms. The van der Waals surface area contributed by atoms with Gasteiger partial charge in [-0.15, -0.1) is 0 Å². The SMILES string of the molecule is Nc1ncnc2c1ccn2[C@H]1CC[C@@H](COc2ccc3cnccc3c2)O1. The normalized spacial score (nSPS) is 19.7. The van der Waals surface area contributed by atoms with E-state index in [4.69, 9.17) is 15.2 Å². The van der Waals surface area contributed by atoms with E-state index < -0.39 is 0 Å². The van der Waals surface area contributed by atoms with Crippen molar-refractivity contribution in [3.8, 4) is 5.75 Å². The molecule has 2 atom stereocenters. The number of fused-ring (bicyclic) bond motifs is 2. The maximum absolute atomic E-state index is 6.19. The minimum Gasteiger partial charge on any atom is -0.491 e. The molecule has 0 saturated carbocycles. The summed E-state index contributed by atoms with van der Waals surface area (Å²) >= 11 is 0. The van der Waals surface area contributed by atoms with Crippen molar-refractivity contribution < 1.29 is 9.47 Å². The third-order valence-electron chi connectivity index (χ3n) is 4.98. The fraction of sp³-hybridized carbons (Fsp3) is 0.250. The van der Waals surface area contributed by atoms with E-state index in [-0.39, 0.29) is 12.3 Å². The third-order valence-corrected chi connectivity index (χ3v) is 4.98. The molecule has 1 aliphatic rings. The van der Waals surface area contributed by atoms with Gasteiger partial charge >= 0.3 is 0 Å². The highest BCUT2D eigenvalue weighted by Crippen LogP contribution is 2.32. The van der Waals surface area contributed by atoms with Crippen LogP contribution in [0.15, 0.2) is 55.2 Å². The molecular weight excluding hydrogens is 342 g/mol. The summed E-state index contributed by atoms with van der Waals surface area (Å²) in [5.74, 6) is 1.33. The predicted octanol–water partition coefficient (Wildman–Crippen LogP) is 3.32. The van der Waals surface area contributed by atoms with E-state index >= 15 is 0 Å². The van der Waals surface area contributed by atoms with E-state index in [1.54, 1.807) is 6.20 Å². The maximum atomic E-state index is 6.19. The van der Waals surface area contributed by atoms with E-state index in [2.05, 4.69) is 15.0 Å². The van der Waals surface area contributed by atoms with Crippen LogP contribution < -0.4 is 10.5 Å². The van der Waals surface area contributed by atoms with Crippen molar-refractivity contribution in [2.45, 2.75) is 25.2 Å². The van der Waals surface area contributed by atoms with Gasteiger partial charge in [-0.1, -0.05) is 0 Å². The van der Waals surface area contributed by atoms with Gasteiger partial charge in [0.25, 0.3) is 0 Å². The van der Waals surface area contributed by atoms with Gasteiger partial charge in [0.2, 0.25) is 0 Å². The molecule has 0 amide bonds. The van der Waals surface area contributed by atoms with Crippen molar-refractivity contribution >= 4 is 27.6 Å². The summed E-state index contributed by atoms with van der Waals surface area (Å²) in [6, 6.07) is 9.93. The molecule has 1 fully saturated rings. The molecule has 27 heavy (non-hydrogen) atoms. The zero-order chi connectivity index (χ0) is 18.2. The van der Waals surface area contributed by atoms with Crippen molar-refractivity contribution in [1.29, 1.82) is 0 Å². The first-order chi connectivity index (χ1) is 13.3. The lowest BCUT2D eigenvalue weighted by molar-refractivity contribution is -0.0156. The standard InChI is InChI=1S/C20H19N5O2/c21-19-17-6-8-25(20(17)24-12-23-19)18-4-3-16(27-18)11-26-15-2-1-14-10-22-7-5-13(14)9-15/h1-2,5-10,12,16,18H,3-4,11H2,(H2,21,23,24)/t16-,18+/m0/s1. The number of hydrogen-bond donors (Lipinski definition) is 1. The summed E-state index contributed by atoms with van der Waals surface area (Å²) in [7, 11) is 0. The Hall–Kier alpha value is -3.19. The highest BCUT2D eigenvalue weighted by Gasteiger charge is 2.28. The van der Waals surface area contributed by atoms with Crippen LogP contribution in [0.4, 0.5) is 5.82 Å². The van der Waals surface area contributed by atoms with Gasteiger partial charge in [-0.05, 0) is 48.6 Å². The fourth-order valence-electron chi connectivity index (χ4n) is 3.58. The molecule has 7 heteroatoms. The highest BCUT2D eigenvalue weighted by molar-refractivity contribution is 5.86. The molecule has 1 saturated heterocycles. The van der Waals surface area contributed by atoms with E-state index in [1.807, 2.05) is 47.3 Å². The molecule has 3 aromatic heterocycles. The largest absolute Gasteiger partial charge is 0.491 e. The summed E-state index contributed by atoms with van der Waals surface area (Å²) in [4.78, 5) is 12.5. The molecule has 0 unspecified atom stereocenters. The average molecular weight is 361 g/mol. The molecule has 1 aromatic carbocycles. The number of aromatic nitrogens is 4. The second-order valence-corrected chi connectivity index (χ2v) is 6.70. The van der Waals surface area contributed by atoms with Gasteiger partial charge in [-0.3, -0.25) is 4.98 Å². The number of nitrogens with two attached hydrogens (primary N) is 1. The minimum atomic E-state index is -0.0620. The van der Waals surface area contributed by atoms with Crippen molar-refractivity contribution in [3.63, 3.8) is 0 Å². The maximum Gasteiger partial charge on any atom is 0.147 e. The van der Waals surface area contributed by atoms with Crippen LogP contribution in [-0.2, 0) is 4.74 Å². The Labute approximate surface area is 155 Å². The van der Waals surface area contributed by atoms with Crippen LogP contribution in [0, 0.1) is 0 Å². The Morgan fingerprint density at radius 3 is 3.07 bits per heavy atom. The summed E-state index contributed by atoms with van der Waals surface area (Å²) < 4.78 is 14.2. The van der Waals surface area contributed by atoms with E-state index in [0.717, 1.165) is 40.4 Å². The fourth-order valence-corrected chi connectivity index (χ4v) is 3.58. The predicted molar refractivity (Wildman–Crippen MR) is 102 cm³/mol. The van der Waals surface area contributed by atoms with Crippen molar-refractivity contribution in [1.82, 2.24) is 19.5 Å². The Balaban J connectivity index is 1.27. The number of ether oxygens (including phenoxy) is 2. The number of rotatable bonds is 4. The number of benzene rings is 1. The first-order valence-electron chi connectivity index (χ1n) is 8.97. The lowest BCUT2D eigenvalue weighted by Gasteiger charge is -2.16. The molecule has 4 aromatic rings. The van der Waals surface area contributed by atoms with Gasteiger partial charge in [0.1, 0.15) is 36.4 Å². The Kier molecular flexibility index (Phi) is 3.86. The lowest BCUT2D eigenvalue weighted by atomic mass is 10.2. The molecule has 2 N–H and O–H groups in total. The van der Waals surface area contributed by atoms with Crippen LogP contribution in [0.2, 0.25) is 0 Å². The van der Waals surface area contributed by atoms with Gasteiger partial charge in [-0.25, -0.2) is 9.97 Å². The summed E-state index contributed by atoms with van der Waals surface area (Å²) in [5, 5.41) is 3.07. The zero-order valence-electron chi connectivity index (χ0n) is 14.7. The lowest BCUT2D eigenvalue weighted by Crippen LogP contribution is -2.18. The second-order valence-electron chi connectivity index (χ2n) is 6.70. The van der Waals surface area contributed by atoms with Crippen LogP contribution in [0.3, 0.4) is 0 Å². The summed E-state index contributed by atoms with van der Waals surface area (Å²) in [6.45, 7) is 0.517. The highest BCUT2D eigenvalue weighted by atomic mass is 16.6. The number of nitrogens with zero attached hydrogens (tertiary/aromatic N) is 4. The third kappa shape index (κ3) is 2.96. The number of nitrogen functional groups attached to an aromatic ring is 1. The van der Waals surface area contributed by atoms with Crippen molar-refractivity contribution in [2.75, 3.05) is 12.3 Å². The van der Waals surface area contributed by atoms with Gasteiger partial charge in [0.15, 0.2) is 0 Å². The van der Waals surface area contributed by atoms with E-state index in [0.29, 0.717) is 12.4 Å². The monoisotopic (exact) mass is 361 g/mol. The van der Waals surface area contributed by atoms with E-state index in [9.17, 15) is 0 Å². The molecule has 5 rings (SSSR count). The van der Waals surface area contributed by atoms with Gasteiger partial charge in [0, 0.05) is 24.0 Å². The van der Waals surface area contributed by atoms with Gasteiger partial charge < -0.3 is 19.8 Å². The van der Waals surface area contributed by atoms with Crippen molar-refractivity contribution in [3.05, 3.63) is 55.2 Å². The van der Waals surface area contributed by atoms with Crippen LogP contribution in [0.1, 0.15) is 19.1 Å². The molecule has 0 radical (unpaired) electrons. The topological polar surface area (TPSA) is 88.1 Å². The average Bonchev–Trinajstić information content (AvgIpc) is 3.33. The molecule has 1 aliphatic heterocycles. The molecule has 0 aliphatic carbocycles. The van der Waals surface area contributed by atoms with Crippen molar-refractivity contribution in [2.24, 2.45) is 0 Å². The molecule has 0 spiro atoms. The molecular formula is C20H19N5O2. The summed E-state index contributed by atoms with van der Waals surface area (Å²) in [5.41, 5.74) is 6.72. The van der Waals surface area contributed by atoms with E-state index in [1.165, 1.54) is 6.33 Å².